The minimum absolute atomic E-state index is 0.267. The maximum Gasteiger partial charge on any atom is 0.407 e. The molecule has 20 heavy (non-hydrogen) atoms. The zero-order valence-electron chi connectivity index (χ0n) is 11.6. The van der Waals surface area contributed by atoms with Gasteiger partial charge in [0.1, 0.15) is 6.61 Å². The summed E-state index contributed by atoms with van der Waals surface area (Å²) in [6.07, 6.45) is 3.31. The molecule has 0 atom stereocenters. The van der Waals surface area contributed by atoms with Crippen LogP contribution in [0, 0.1) is 6.42 Å². The van der Waals surface area contributed by atoms with E-state index in [2.05, 4.69) is 10.1 Å². The third-order valence-corrected chi connectivity index (χ3v) is 2.63. The van der Waals surface area contributed by atoms with Gasteiger partial charge in [0.15, 0.2) is 0 Å². The Morgan fingerprint density at radius 3 is 2.65 bits per heavy atom. The first kappa shape index (κ1) is 16.0. The second kappa shape index (κ2) is 9.83. The first-order valence-electron chi connectivity index (χ1n) is 6.58. The summed E-state index contributed by atoms with van der Waals surface area (Å²) in [5.41, 5.74) is 0.954. The van der Waals surface area contributed by atoms with Crippen LogP contribution < -0.4 is 5.32 Å². The number of esters is 1. The van der Waals surface area contributed by atoms with Gasteiger partial charge in [-0.15, -0.1) is 0 Å². The van der Waals surface area contributed by atoms with Gasteiger partial charge in [0.2, 0.25) is 0 Å². The van der Waals surface area contributed by atoms with Crippen molar-refractivity contribution in [3.63, 3.8) is 0 Å². The van der Waals surface area contributed by atoms with Crippen LogP contribution in [0.3, 0.4) is 0 Å². The Kier molecular flexibility index (Phi) is 7.87. The van der Waals surface area contributed by atoms with Gasteiger partial charge in [-0.25, -0.2) is 4.79 Å². The van der Waals surface area contributed by atoms with Gasteiger partial charge in [0, 0.05) is 6.54 Å². The molecule has 5 nitrogen and oxygen atoms in total. The number of unbranched alkanes of at least 4 members (excludes halogenated alkanes) is 2. The van der Waals surface area contributed by atoms with Crippen molar-refractivity contribution in [3.05, 3.63) is 42.3 Å². The lowest BCUT2D eigenvalue weighted by molar-refractivity contribution is -0.136. The summed E-state index contributed by atoms with van der Waals surface area (Å²) in [5, 5.41) is 2.66. The monoisotopic (exact) mass is 278 g/mol. The first-order chi connectivity index (χ1) is 9.72. The molecule has 1 aromatic carbocycles. The average molecular weight is 278 g/mol. The van der Waals surface area contributed by atoms with Gasteiger partial charge in [-0.05, 0) is 18.4 Å². The van der Waals surface area contributed by atoms with Crippen molar-refractivity contribution in [1.82, 2.24) is 5.32 Å². The molecule has 0 aliphatic carbocycles. The number of carbonyl (C=O) groups excluding carboxylic acids is 2. The number of methoxy groups -OCH3 is 1. The van der Waals surface area contributed by atoms with E-state index in [0.717, 1.165) is 18.4 Å². The number of hydrogen-bond donors (Lipinski definition) is 1. The lowest BCUT2D eigenvalue weighted by Gasteiger charge is -2.06. The predicted octanol–water partition coefficient (Wildman–Crippen LogP) is 2.46. The molecule has 0 aliphatic rings. The SMILES string of the molecule is COC(=O)[CH]CCCCNC(=O)OCc1ccccc1. The molecule has 0 saturated carbocycles. The van der Waals surface area contributed by atoms with Crippen LogP contribution in [0.4, 0.5) is 4.79 Å². The Labute approximate surface area is 119 Å². The summed E-state index contributed by atoms with van der Waals surface area (Å²) < 4.78 is 9.54. The molecular weight excluding hydrogens is 258 g/mol. The summed E-state index contributed by atoms with van der Waals surface area (Å²) >= 11 is 0. The lowest BCUT2D eigenvalue weighted by atomic mass is 10.2. The predicted molar refractivity (Wildman–Crippen MR) is 74.8 cm³/mol. The molecule has 0 unspecified atom stereocenters. The summed E-state index contributed by atoms with van der Waals surface area (Å²) in [7, 11) is 1.35. The average Bonchev–Trinajstić information content (AvgIpc) is 2.49. The second-order valence-corrected chi connectivity index (χ2v) is 4.21. The van der Waals surface area contributed by atoms with Crippen LogP contribution >= 0.6 is 0 Å². The molecule has 0 aromatic heterocycles. The fourth-order valence-electron chi connectivity index (χ4n) is 1.54. The number of benzene rings is 1. The molecule has 109 valence electrons. The van der Waals surface area contributed by atoms with Gasteiger partial charge in [0.25, 0.3) is 0 Å². The molecule has 1 amide bonds. The van der Waals surface area contributed by atoms with E-state index in [0.29, 0.717) is 13.0 Å². The Balaban J connectivity index is 1.99. The van der Waals surface area contributed by atoms with E-state index in [9.17, 15) is 9.59 Å². The van der Waals surface area contributed by atoms with Crippen LogP contribution in [0.1, 0.15) is 24.8 Å². The van der Waals surface area contributed by atoms with E-state index < -0.39 is 6.09 Å². The third-order valence-electron chi connectivity index (χ3n) is 2.63. The largest absolute Gasteiger partial charge is 0.469 e. The van der Waals surface area contributed by atoms with Crippen molar-refractivity contribution in [3.8, 4) is 0 Å². The molecule has 0 fully saturated rings. The van der Waals surface area contributed by atoms with Crippen LogP contribution in [-0.2, 0) is 20.9 Å². The standard InChI is InChI=1S/C15H20NO4/c1-19-14(17)10-6-3-7-11-16-15(18)20-12-13-8-4-2-5-9-13/h2,4-5,8-10H,3,6-7,11-12H2,1H3,(H,16,18). The van der Waals surface area contributed by atoms with Crippen molar-refractivity contribution in [2.24, 2.45) is 0 Å². The summed E-state index contributed by atoms with van der Waals surface area (Å²) in [6.45, 7) is 0.797. The molecule has 0 spiro atoms. The number of ether oxygens (including phenoxy) is 2. The van der Waals surface area contributed by atoms with E-state index in [1.807, 2.05) is 30.3 Å². The third kappa shape index (κ3) is 7.41. The smallest absolute Gasteiger partial charge is 0.407 e. The highest BCUT2D eigenvalue weighted by molar-refractivity contribution is 5.78. The topological polar surface area (TPSA) is 64.6 Å². The first-order valence-corrected chi connectivity index (χ1v) is 6.58. The molecule has 0 aliphatic heterocycles. The zero-order chi connectivity index (χ0) is 14.6. The van der Waals surface area contributed by atoms with Crippen LogP contribution in [0.25, 0.3) is 0 Å². The van der Waals surface area contributed by atoms with Gasteiger partial charge >= 0.3 is 12.1 Å². The molecule has 1 N–H and O–H groups in total. The molecule has 1 aromatic rings. The van der Waals surface area contributed by atoms with Crippen LogP contribution in [-0.4, -0.2) is 25.7 Å². The number of carbonyl (C=O) groups is 2. The molecule has 0 saturated heterocycles. The van der Waals surface area contributed by atoms with Crippen molar-refractivity contribution >= 4 is 12.1 Å². The molecular formula is C15H20NO4. The second-order valence-electron chi connectivity index (χ2n) is 4.21. The number of nitrogens with one attached hydrogen (secondary N) is 1. The quantitative estimate of drug-likeness (QED) is 0.586. The van der Waals surface area contributed by atoms with Crippen LogP contribution in [0.2, 0.25) is 0 Å². The number of hydrogen-bond acceptors (Lipinski definition) is 4. The van der Waals surface area contributed by atoms with E-state index in [4.69, 9.17) is 4.74 Å². The minimum Gasteiger partial charge on any atom is -0.469 e. The number of amides is 1. The lowest BCUT2D eigenvalue weighted by Crippen LogP contribution is -2.25. The molecule has 0 bridgehead atoms. The summed E-state index contributed by atoms with van der Waals surface area (Å²) in [4.78, 5) is 22.2. The highest BCUT2D eigenvalue weighted by atomic mass is 16.5. The Bertz CT molecular complexity index is 406. The zero-order valence-corrected chi connectivity index (χ0v) is 11.6. The highest BCUT2D eigenvalue weighted by Gasteiger charge is 2.03. The maximum atomic E-state index is 11.4. The van der Waals surface area contributed by atoms with Gasteiger partial charge in [0.05, 0.1) is 13.5 Å². The van der Waals surface area contributed by atoms with Crippen molar-refractivity contribution < 1.29 is 19.1 Å². The minimum atomic E-state index is -0.425. The molecule has 5 heteroatoms. The molecule has 1 rings (SSSR count). The van der Waals surface area contributed by atoms with Crippen LogP contribution in [0.15, 0.2) is 30.3 Å². The number of rotatable bonds is 8. The van der Waals surface area contributed by atoms with Crippen molar-refractivity contribution in [1.29, 1.82) is 0 Å². The van der Waals surface area contributed by atoms with E-state index >= 15 is 0 Å². The fourth-order valence-corrected chi connectivity index (χ4v) is 1.54. The van der Waals surface area contributed by atoms with Gasteiger partial charge < -0.3 is 14.8 Å². The van der Waals surface area contributed by atoms with E-state index in [-0.39, 0.29) is 12.6 Å². The highest BCUT2D eigenvalue weighted by Crippen LogP contribution is 2.01. The fraction of sp³-hybridized carbons (Fsp3) is 0.400. The van der Waals surface area contributed by atoms with E-state index in [1.54, 1.807) is 0 Å². The van der Waals surface area contributed by atoms with Crippen LogP contribution in [0.5, 0.6) is 0 Å². The number of alkyl carbamates (subject to hydrolysis) is 1. The Morgan fingerprint density at radius 1 is 1.20 bits per heavy atom. The maximum absolute atomic E-state index is 11.4. The Morgan fingerprint density at radius 2 is 1.95 bits per heavy atom. The van der Waals surface area contributed by atoms with Gasteiger partial charge in [-0.3, -0.25) is 4.79 Å². The van der Waals surface area contributed by atoms with Gasteiger partial charge in [-0.1, -0.05) is 36.8 Å². The van der Waals surface area contributed by atoms with Crippen molar-refractivity contribution in [2.75, 3.05) is 13.7 Å². The molecule has 0 heterocycles. The Hall–Kier alpha value is -2.04. The summed E-state index contributed by atoms with van der Waals surface area (Å²) in [5.74, 6) is -0.319. The summed E-state index contributed by atoms with van der Waals surface area (Å²) in [6, 6.07) is 9.50. The van der Waals surface area contributed by atoms with Crippen molar-refractivity contribution in [2.45, 2.75) is 25.9 Å². The van der Waals surface area contributed by atoms with E-state index in [1.165, 1.54) is 13.5 Å². The molecule has 1 radical (unpaired) electrons. The normalized spacial score (nSPS) is 9.85. The van der Waals surface area contributed by atoms with Gasteiger partial charge in [-0.2, -0.15) is 0 Å².